The topological polar surface area (TPSA) is 95.9 Å². The van der Waals surface area contributed by atoms with Gasteiger partial charge in [-0.2, -0.15) is 0 Å². The minimum atomic E-state index is -0.694. The van der Waals surface area contributed by atoms with Crippen molar-refractivity contribution < 1.29 is 24.5 Å². The number of carbonyl (C=O) groups excluding carboxylic acids is 2. The zero-order valence-electron chi connectivity index (χ0n) is 37.8. The van der Waals surface area contributed by atoms with Gasteiger partial charge in [0.25, 0.3) is 0 Å². The lowest BCUT2D eigenvalue weighted by Crippen LogP contribution is -2.45. The molecule has 0 heterocycles. The minimum Gasteiger partial charge on any atom is -0.466 e. The van der Waals surface area contributed by atoms with E-state index in [0.29, 0.717) is 25.9 Å². The zero-order chi connectivity index (χ0) is 41.5. The van der Waals surface area contributed by atoms with Gasteiger partial charge in [0.05, 0.1) is 25.4 Å². The van der Waals surface area contributed by atoms with Crippen molar-refractivity contribution in [2.75, 3.05) is 13.2 Å². The number of allylic oxidation sites excluding steroid dienone is 6. The van der Waals surface area contributed by atoms with Crippen LogP contribution in [0.2, 0.25) is 0 Å². The van der Waals surface area contributed by atoms with Crippen LogP contribution >= 0.6 is 0 Å². The summed E-state index contributed by atoms with van der Waals surface area (Å²) in [6.07, 6.45) is 55.4. The smallest absolute Gasteiger partial charge is 0.305 e. The van der Waals surface area contributed by atoms with Crippen molar-refractivity contribution in [3.63, 3.8) is 0 Å². The van der Waals surface area contributed by atoms with E-state index in [-0.39, 0.29) is 18.5 Å². The van der Waals surface area contributed by atoms with E-state index in [1.165, 1.54) is 141 Å². The van der Waals surface area contributed by atoms with Crippen LogP contribution in [-0.4, -0.2) is 47.4 Å². The van der Waals surface area contributed by atoms with E-state index in [9.17, 15) is 19.8 Å². The predicted octanol–water partition coefficient (Wildman–Crippen LogP) is 14.5. The summed E-state index contributed by atoms with van der Waals surface area (Å²) < 4.78 is 5.44. The van der Waals surface area contributed by atoms with Crippen LogP contribution in [0, 0.1) is 0 Å². The van der Waals surface area contributed by atoms with Crippen molar-refractivity contribution in [3.8, 4) is 0 Å². The van der Waals surface area contributed by atoms with Gasteiger partial charge in [-0.25, -0.2) is 0 Å². The first-order chi connectivity index (χ1) is 28.0. The second kappa shape index (κ2) is 46.8. The number of amides is 1. The molecule has 0 aromatic carbocycles. The number of rotatable bonds is 45. The van der Waals surface area contributed by atoms with E-state index < -0.39 is 12.1 Å². The summed E-state index contributed by atoms with van der Waals surface area (Å²) in [5.41, 5.74) is 0. The minimum absolute atomic E-state index is 0.0402. The molecule has 2 unspecified atom stereocenters. The molecule has 0 saturated carbocycles. The maximum Gasteiger partial charge on any atom is 0.305 e. The highest BCUT2D eigenvalue weighted by atomic mass is 16.5. The van der Waals surface area contributed by atoms with Crippen molar-refractivity contribution >= 4 is 11.9 Å². The van der Waals surface area contributed by atoms with Crippen LogP contribution in [0.1, 0.15) is 251 Å². The third kappa shape index (κ3) is 43.5. The summed E-state index contributed by atoms with van der Waals surface area (Å²) in [6.45, 7) is 4.82. The Bertz CT molecular complexity index is 931. The van der Waals surface area contributed by atoms with Crippen molar-refractivity contribution in [1.82, 2.24) is 5.32 Å². The predicted molar refractivity (Wildman–Crippen MR) is 246 cm³/mol. The molecule has 0 rings (SSSR count). The number of hydrogen-bond acceptors (Lipinski definition) is 5. The molecule has 1 amide bonds. The normalized spacial score (nSPS) is 13.0. The highest BCUT2D eigenvalue weighted by molar-refractivity contribution is 5.76. The largest absolute Gasteiger partial charge is 0.466 e. The summed E-state index contributed by atoms with van der Waals surface area (Å²) in [7, 11) is 0. The van der Waals surface area contributed by atoms with Gasteiger partial charge in [-0.3, -0.25) is 9.59 Å². The molecule has 0 fully saturated rings. The van der Waals surface area contributed by atoms with E-state index in [0.717, 1.165) is 77.0 Å². The Balaban J connectivity index is 3.53. The molecule has 0 aliphatic rings. The maximum absolute atomic E-state index is 12.4. The van der Waals surface area contributed by atoms with E-state index in [2.05, 4.69) is 55.6 Å². The van der Waals surface area contributed by atoms with Crippen molar-refractivity contribution in [1.29, 1.82) is 0 Å². The zero-order valence-corrected chi connectivity index (χ0v) is 37.8. The van der Waals surface area contributed by atoms with E-state index in [1.807, 2.05) is 0 Å². The number of carbonyl (C=O) groups is 2. The third-order valence-corrected chi connectivity index (χ3v) is 11.2. The Morgan fingerprint density at radius 2 is 0.895 bits per heavy atom. The van der Waals surface area contributed by atoms with E-state index in [4.69, 9.17) is 4.74 Å². The molecule has 0 bridgehead atoms. The quantitative estimate of drug-likeness (QED) is 0.0324. The first-order valence-electron chi connectivity index (χ1n) is 24.7. The van der Waals surface area contributed by atoms with Crippen molar-refractivity contribution in [2.24, 2.45) is 0 Å². The number of aliphatic hydroxyl groups is 2. The lowest BCUT2D eigenvalue weighted by atomic mass is 10.0. The molecule has 0 saturated heterocycles. The highest BCUT2D eigenvalue weighted by Gasteiger charge is 2.20. The standard InChI is InChI=1S/C51H95NO5/c1-3-5-7-9-11-13-15-17-18-19-20-21-22-23-25-29-33-37-41-45-51(56)57-46-42-38-34-30-26-28-32-36-40-44-50(55)52-48(47-53)49(54)43-39-35-31-27-24-16-14-12-10-8-6-4-2/h11,13,17-18,28,32,48-49,53-54H,3-10,12,14-16,19-27,29-31,33-47H2,1-2H3,(H,52,55)/b13-11-,18-17-,32-28-. The van der Waals surface area contributed by atoms with Gasteiger partial charge in [0.15, 0.2) is 0 Å². The molecule has 3 N–H and O–H groups in total. The van der Waals surface area contributed by atoms with E-state index >= 15 is 0 Å². The number of ether oxygens (including phenoxy) is 1. The summed E-state index contributed by atoms with van der Waals surface area (Å²) in [4.78, 5) is 24.4. The first kappa shape index (κ1) is 55.1. The van der Waals surface area contributed by atoms with Crippen LogP contribution in [0.3, 0.4) is 0 Å². The molecule has 0 aliphatic heterocycles. The Kier molecular flexibility index (Phi) is 45.2. The van der Waals surface area contributed by atoms with Gasteiger partial charge in [0, 0.05) is 12.8 Å². The molecule has 0 aliphatic carbocycles. The average molecular weight is 802 g/mol. The number of aliphatic hydroxyl groups excluding tert-OH is 2. The van der Waals surface area contributed by atoms with Crippen LogP contribution in [0.15, 0.2) is 36.5 Å². The fourth-order valence-corrected chi connectivity index (χ4v) is 7.32. The molecule has 0 spiro atoms. The van der Waals surface area contributed by atoms with Crippen LogP contribution in [0.5, 0.6) is 0 Å². The summed E-state index contributed by atoms with van der Waals surface area (Å²) in [5.74, 6) is -0.138. The molecular weight excluding hydrogens is 707 g/mol. The van der Waals surface area contributed by atoms with Crippen LogP contribution in [0.4, 0.5) is 0 Å². The number of hydrogen-bond donors (Lipinski definition) is 3. The fourth-order valence-electron chi connectivity index (χ4n) is 7.32. The second-order valence-corrected chi connectivity index (χ2v) is 16.8. The SMILES string of the molecule is CCCCC/C=C\C/C=C\CCCCCCCCCCCC(=O)OCCCCCC/C=C\CCCC(=O)NC(CO)C(O)CCCCCCCCCCCCCC. The maximum atomic E-state index is 12.4. The lowest BCUT2D eigenvalue weighted by Gasteiger charge is -2.22. The molecule has 6 nitrogen and oxygen atoms in total. The molecule has 57 heavy (non-hydrogen) atoms. The average Bonchev–Trinajstić information content (AvgIpc) is 3.21. The van der Waals surface area contributed by atoms with Gasteiger partial charge in [0.1, 0.15) is 0 Å². The van der Waals surface area contributed by atoms with Gasteiger partial charge in [-0.05, 0) is 77.0 Å². The Morgan fingerprint density at radius 1 is 0.491 bits per heavy atom. The summed E-state index contributed by atoms with van der Waals surface area (Å²) >= 11 is 0. The number of unbranched alkanes of at least 4 members (excludes halogenated alkanes) is 28. The monoisotopic (exact) mass is 802 g/mol. The number of esters is 1. The lowest BCUT2D eigenvalue weighted by molar-refractivity contribution is -0.143. The Hall–Kier alpha value is -1.92. The van der Waals surface area contributed by atoms with Gasteiger partial charge in [0.2, 0.25) is 5.91 Å². The first-order valence-corrected chi connectivity index (χ1v) is 24.7. The molecule has 0 aromatic rings. The van der Waals surface area contributed by atoms with Gasteiger partial charge in [-0.1, -0.05) is 198 Å². The molecule has 2 atom stereocenters. The molecule has 0 aromatic heterocycles. The van der Waals surface area contributed by atoms with Crippen LogP contribution in [0.25, 0.3) is 0 Å². The van der Waals surface area contributed by atoms with Gasteiger partial charge < -0.3 is 20.3 Å². The second-order valence-electron chi connectivity index (χ2n) is 16.8. The van der Waals surface area contributed by atoms with Crippen molar-refractivity contribution in [2.45, 2.75) is 264 Å². The Morgan fingerprint density at radius 3 is 1.42 bits per heavy atom. The third-order valence-electron chi connectivity index (χ3n) is 11.2. The van der Waals surface area contributed by atoms with E-state index in [1.54, 1.807) is 0 Å². The van der Waals surface area contributed by atoms with Crippen LogP contribution in [-0.2, 0) is 14.3 Å². The summed E-state index contributed by atoms with van der Waals surface area (Å²) in [5, 5.41) is 23.1. The number of nitrogens with one attached hydrogen (secondary N) is 1. The summed E-state index contributed by atoms with van der Waals surface area (Å²) in [6, 6.07) is -0.579. The molecule has 334 valence electrons. The van der Waals surface area contributed by atoms with Gasteiger partial charge in [-0.15, -0.1) is 0 Å². The van der Waals surface area contributed by atoms with Crippen LogP contribution < -0.4 is 5.32 Å². The van der Waals surface area contributed by atoms with Gasteiger partial charge >= 0.3 is 5.97 Å². The van der Waals surface area contributed by atoms with Crippen molar-refractivity contribution in [3.05, 3.63) is 36.5 Å². The Labute approximate surface area is 353 Å². The molecule has 6 heteroatoms. The molecular formula is C51H95NO5. The molecule has 0 radical (unpaired) electrons. The highest BCUT2D eigenvalue weighted by Crippen LogP contribution is 2.15. The fraction of sp³-hybridized carbons (Fsp3) is 0.843.